The van der Waals surface area contributed by atoms with Crippen LogP contribution in [-0.2, 0) is 0 Å². The van der Waals surface area contributed by atoms with Crippen LogP contribution in [0.15, 0.2) is 59.0 Å². The molecule has 1 fully saturated rings. The van der Waals surface area contributed by atoms with Crippen molar-refractivity contribution in [2.45, 2.75) is 12.8 Å². The Morgan fingerprint density at radius 2 is 1.75 bits per heavy atom. The maximum Gasteiger partial charge on any atom is 0.279 e. The van der Waals surface area contributed by atoms with Crippen LogP contribution in [0.1, 0.15) is 23.3 Å². The van der Waals surface area contributed by atoms with Gasteiger partial charge in [-0.15, -0.1) is 0 Å². The number of para-hydroxylation sites is 1. The minimum atomic E-state index is -0.465. The number of amides is 1. The number of nitro benzene ring substituents is 1. The molecule has 1 aromatic heterocycles. The number of hydrogen-bond donors (Lipinski definition) is 1. The summed E-state index contributed by atoms with van der Waals surface area (Å²) in [5.41, 5.74) is 1.43. The summed E-state index contributed by atoms with van der Waals surface area (Å²) in [5.74, 6) is 0.333. The largest absolute Gasteiger partial charge is 0.420 e. The molecule has 1 aliphatic rings. The number of aromatic nitrogens is 1. The Labute approximate surface area is 161 Å². The molecule has 1 aliphatic heterocycles. The normalized spacial score (nSPS) is 13.5. The third-order valence-corrected chi connectivity index (χ3v) is 4.57. The summed E-state index contributed by atoms with van der Waals surface area (Å²) in [6.45, 7) is 1.58. The summed E-state index contributed by atoms with van der Waals surface area (Å²) >= 11 is 0. The molecule has 2 aromatic carbocycles. The standard InChI is InChI=1S/C20H18N4O4/c25-18(21-15-6-2-1-3-7-15)17-20(23-12-4-5-13-23)28-19(22-17)14-8-10-16(11-9-14)24(26)27/h1-3,6-11H,4-5,12-13H2,(H,21,25). The minimum Gasteiger partial charge on any atom is -0.420 e. The molecule has 2 heterocycles. The van der Waals surface area contributed by atoms with E-state index in [4.69, 9.17) is 4.42 Å². The van der Waals surface area contributed by atoms with Gasteiger partial charge in [0.1, 0.15) is 0 Å². The summed E-state index contributed by atoms with van der Waals surface area (Å²) in [6, 6.07) is 15.0. The SMILES string of the molecule is O=C(Nc1ccccc1)c1nc(-c2ccc([N+](=O)[O-])cc2)oc1N1CCCC1. The van der Waals surface area contributed by atoms with E-state index in [1.165, 1.54) is 12.1 Å². The Morgan fingerprint density at radius 3 is 2.39 bits per heavy atom. The first-order chi connectivity index (χ1) is 13.6. The maximum atomic E-state index is 12.8. The van der Waals surface area contributed by atoms with Crippen LogP contribution in [0.4, 0.5) is 17.3 Å². The zero-order chi connectivity index (χ0) is 19.5. The van der Waals surface area contributed by atoms with Crippen LogP contribution in [0.25, 0.3) is 11.5 Å². The van der Waals surface area contributed by atoms with Crippen LogP contribution in [0.5, 0.6) is 0 Å². The molecule has 0 aliphatic carbocycles. The smallest absolute Gasteiger partial charge is 0.279 e. The summed E-state index contributed by atoms with van der Waals surface area (Å²) < 4.78 is 5.93. The van der Waals surface area contributed by atoms with Crippen LogP contribution in [0.2, 0.25) is 0 Å². The molecule has 8 nitrogen and oxygen atoms in total. The molecular formula is C20H18N4O4. The van der Waals surface area contributed by atoms with Crippen molar-refractivity contribution in [2.24, 2.45) is 0 Å². The second-order valence-electron chi connectivity index (χ2n) is 6.49. The average Bonchev–Trinajstić information content (AvgIpc) is 3.38. The van der Waals surface area contributed by atoms with Crippen molar-refractivity contribution in [2.75, 3.05) is 23.3 Å². The van der Waals surface area contributed by atoms with Crippen molar-refractivity contribution in [3.8, 4) is 11.5 Å². The van der Waals surface area contributed by atoms with E-state index in [0.717, 1.165) is 25.9 Å². The first-order valence-corrected chi connectivity index (χ1v) is 8.99. The number of anilines is 2. The predicted molar refractivity (Wildman–Crippen MR) is 104 cm³/mol. The number of nitrogens with one attached hydrogen (secondary N) is 1. The Hall–Kier alpha value is -3.68. The van der Waals surface area contributed by atoms with Gasteiger partial charge in [0.2, 0.25) is 11.8 Å². The predicted octanol–water partition coefficient (Wildman–Crippen LogP) is 4.10. The third kappa shape index (κ3) is 3.57. The van der Waals surface area contributed by atoms with E-state index in [-0.39, 0.29) is 23.2 Å². The van der Waals surface area contributed by atoms with Crippen molar-refractivity contribution in [1.82, 2.24) is 4.98 Å². The van der Waals surface area contributed by atoms with Crippen LogP contribution < -0.4 is 10.2 Å². The fraction of sp³-hybridized carbons (Fsp3) is 0.200. The monoisotopic (exact) mass is 378 g/mol. The number of nitrogens with zero attached hydrogens (tertiary/aromatic N) is 3. The van der Waals surface area contributed by atoms with Gasteiger partial charge >= 0.3 is 0 Å². The zero-order valence-electron chi connectivity index (χ0n) is 15.0. The lowest BCUT2D eigenvalue weighted by Gasteiger charge is -2.14. The first-order valence-electron chi connectivity index (χ1n) is 8.99. The van der Waals surface area contributed by atoms with Crippen molar-refractivity contribution in [1.29, 1.82) is 0 Å². The quantitative estimate of drug-likeness (QED) is 0.530. The fourth-order valence-electron chi connectivity index (χ4n) is 3.16. The molecule has 0 spiro atoms. The summed E-state index contributed by atoms with van der Waals surface area (Å²) in [6.07, 6.45) is 2.04. The lowest BCUT2D eigenvalue weighted by Crippen LogP contribution is -2.22. The Kier molecular flexibility index (Phi) is 4.76. The Morgan fingerprint density at radius 1 is 1.07 bits per heavy atom. The maximum absolute atomic E-state index is 12.8. The van der Waals surface area contributed by atoms with E-state index in [0.29, 0.717) is 17.1 Å². The van der Waals surface area contributed by atoms with Gasteiger partial charge in [-0.05, 0) is 37.1 Å². The van der Waals surface area contributed by atoms with Gasteiger partial charge in [-0.3, -0.25) is 14.9 Å². The van der Waals surface area contributed by atoms with Crippen LogP contribution in [0.3, 0.4) is 0 Å². The number of rotatable bonds is 5. The number of oxazole rings is 1. The average molecular weight is 378 g/mol. The van der Waals surface area contributed by atoms with Gasteiger partial charge in [-0.2, -0.15) is 0 Å². The second kappa shape index (κ2) is 7.51. The summed E-state index contributed by atoms with van der Waals surface area (Å²) in [7, 11) is 0. The van der Waals surface area contributed by atoms with Gasteiger partial charge in [0.25, 0.3) is 11.6 Å². The number of nitro groups is 1. The van der Waals surface area contributed by atoms with Gasteiger partial charge < -0.3 is 14.6 Å². The van der Waals surface area contributed by atoms with Crippen molar-refractivity contribution in [3.63, 3.8) is 0 Å². The van der Waals surface area contributed by atoms with Crippen molar-refractivity contribution in [3.05, 3.63) is 70.4 Å². The van der Waals surface area contributed by atoms with E-state index >= 15 is 0 Å². The highest BCUT2D eigenvalue weighted by Gasteiger charge is 2.27. The molecule has 4 rings (SSSR count). The van der Waals surface area contributed by atoms with Crippen molar-refractivity contribution >= 4 is 23.2 Å². The van der Waals surface area contributed by atoms with Gasteiger partial charge in [0.05, 0.1) is 4.92 Å². The molecule has 0 bridgehead atoms. The van der Waals surface area contributed by atoms with Crippen molar-refractivity contribution < 1.29 is 14.1 Å². The molecule has 8 heteroatoms. The van der Waals surface area contributed by atoms with Crippen LogP contribution >= 0.6 is 0 Å². The highest BCUT2D eigenvalue weighted by Crippen LogP contribution is 2.32. The van der Waals surface area contributed by atoms with E-state index < -0.39 is 4.92 Å². The van der Waals surface area contributed by atoms with Gasteiger partial charge in [0.15, 0.2) is 5.69 Å². The van der Waals surface area contributed by atoms with E-state index in [1.807, 2.05) is 23.1 Å². The van der Waals surface area contributed by atoms with Gasteiger partial charge in [0, 0.05) is 36.5 Å². The molecule has 0 saturated carbocycles. The number of carbonyl (C=O) groups is 1. The molecule has 28 heavy (non-hydrogen) atoms. The molecule has 0 unspecified atom stereocenters. The molecular weight excluding hydrogens is 360 g/mol. The minimum absolute atomic E-state index is 0.0166. The van der Waals surface area contributed by atoms with Crippen LogP contribution in [0, 0.1) is 10.1 Å². The molecule has 1 N–H and O–H groups in total. The highest BCUT2D eigenvalue weighted by atomic mass is 16.6. The third-order valence-electron chi connectivity index (χ3n) is 4.57. The highest BCUT2D eigenvalue weighted by molar-refractivity contribution is 6.06. The van der Waals surface area contributed by atoms with Crippen LogP contribution in [-0.4, -0.2) is 28.9 Å². The van der Waals surface area contributed by atoms with E-state index in [2.05, 4.69) is 10.3 Å². The number of non-ortho nitro benzene ring substituents is 1. The second-order valence-corrected chi connectivity index (χ2v) is 6.49. The Balaban J connectivity index is 1.68. The lowest BCUT2D eigenvalue weighted by molar-refractivity contribution is -0.384. The summed E-state index contributed by atoms with van der Waals surface area (Å²) in [5, 5.41) is 13.7. The molecule has 3 aromatic rings. The summed E-state index contributed by atoms with van der Waals surface area (Å²) in [4.78, 5) is 29.6. The molecule has 1 amide bonds. The number of hydrogen-bond acceptors (Lipinski definition) is 6. The first kappa shape index (κ1) is 17.7. The molecule has 0 atom stereocenters. The number of benzene rings is 2. The molecule has 1 saturated heterocycles. The fourth-order valence-corrected chi connectivity index (χ4v) is 3.16. The molecule has 0 radical (unpaired) electrons. The number of carbonyl (C=O) groups excluding carboxylic acids is 1. The van der Waals surface area contributed by atoms with E-state index in [1.54, 1.807) is 24.3 Å². The van der Waals surface area contributed by atoms with E-state index in [9.17, 15) is 14.9 Å². The topological polar surface area (TPSA) is 102 Å². The van der Waals surface area contributed by atoms with Gasteiger partial charge in [-0.25, -0.2) is 4.98 Å². The molecule has 142 valence electrons. The van der Waals surface area contributed by atoms with Gasteiger partial charge in [-0.1, -0.05) is 18.2 Å². The lowest BCUT2D eigenvalue weighted by atomic mass is 10.2. The zero-order valence-corrected chi connectivity index (χ0v) is 15.0. The Bertz CT molecular complexity index is 993.